The second kappa shape index (κ2) is 6.82. The van der Waals surface area contributed by atoms with Crippen LogP contribution in [0.1, 0.15) is 13.8 Å². The summed E-state index contributed by atoms with van der Waals surface area (Å²) in [6, 6.07) is 1.19. The zero-order valence-electron chi connectivity index (χ0n) is 12.1. The van der Waals surface area contributed by atoms with Crippen LogP contribution in [-0.2, 0) is 19.9 Å². The molecule has 0 saturated heterocycles. The monoisotopic (exact) mass is 329 g/mol. The van der Waals surface area contributed by atoms with Crippen LogP contribution in [0.25, 0.3) is 5.82 Å². The van der Waals surface area contributed by atoms with Gasteiger partial charge >= 0.3 is 13.3 Å². The molecule has 120 valence electrons. The van der Waals surface area contributed by atoms with Crippen molar-refractivity contribution < 1.29 is 13.6 Å². The number of aromatic amines is 1. The van der Waals surface area contributed by atoms with E-state index in [0.29, 0.717) is 0 Å². The van der Waals surface area contributed by atoms with Crippen LogP contribution in [-0.4, -0.2) is 37.8 Å². The van der Waals surface area contributed by atoms with Crippen molar-refractivity contribution >= 4 is 7.60 Å². The molecule has 2 aromatic rings. The Morgan fingerprint density at radius 3 is 2.55 bits per heavy atom. The first-order chi connectivity index (χ1) is 10.5. The van der Waals surface area contributed by atoms with E-state index in [9.17, 15) is 14.2 Å². The summed E-state index contributed by atoms with van der Waals surface area (Å²) in [5.41, 5.74) is -1.15. The maximum atomic E-state index is 12.4. The minimum absolute atomic E-state index is 0.125. The SMILES string of the molecule is CCOP(=O)(Cn1cc(-n2ccc(=O)[nH]c2=O)nn1)OCC. The average Bonchev–Trinajstić information content (AvgIpc) is 2.86. The molecule has 0 bridgehead atoms. The van der Waals surface area contributed by atoms with Gasteiger partial charge in [0.25, 0.3) is 5.56 Å². The Hall–Kier alpha value is -2.03. The topological polar surface area (TPSA) is 121 Å². The smallest absolute Gasteiger partial charge is 0.308 e. The molecule has 0 aliphatic carbocycles. The Labute approximate surface area is 125 Å². The first-order valence-electron chi connectivity index (χ1n) is 6.58. The summed E-state index contributed by atoms with van der Waals surface area (Å²) in [5, 5.41) is 7.59. The molecular weight excluding hydrogens is 313 g/mol. The summed E-state index contributed by atoms with van der Waals surface area (Å²) >= 11 is 0. The predicted molar refractivity (Wildman–Crippen MR) is 77.1 cm³/mol. The number of nitrogens with zero attached hydrogens (tertiary/aromatic N) is 4. The number of hydrogen-bond acceptors (Lipinski definition) is 7. The summed E-state index contributed by atoms with van der Waals surface area (Å²) in [6.45, 7) is 3.88. The van der Waals surface area contributed by atoms with Crippen LogP contribution < -0.4 is 11.2 Å². The number of aromatic nitrogens is 5. The largest absolute Gasteiger partial charge is 0.351 e. The minimum Gasteiger partial charge on any atom is -0.308 e. The third-order valence-electron chi connectivity index (χ3n) is 2.57. The van der Waals surface area contributed by atoms with Crippen LogP contribution in [0.4, 0.5) is 0 Å². The minimum atomic E-state index is -3.32. The molecule has 0 unspecified atom stereocenters. The van der Waals surface area contributed by atoms with Gasteiger partial charge in [-0.05, 0) is 13.8 Å². The third-order valence-corrected chi connectivity index (χ3v) is 4.51. The van der Waals surface area contributed by atoms with Gasteiger partial charge in [0, 0.05) is 12.3 Å². The first kappa shape index (κ1) is 16.3. The highest BCUT2D eigenvalue weighted by atomic mass is 31.2. The maximum Gasteiger partial charge on any atom is 0.351 e. The normalized spacial score (nSPS) is 11.7. The molecule has 11 heteroatoms. The fourth-order valence-electron chi connectivity index (χ4n) is 1.76. The molecule has 2 aromatic heterocycles. The fourth-order valence-corrected chi connectivity index (χ4v) is 3.27. The summed E-state index contributed by atoms with van der Waals surface area (Å²) in [5.74, 6) is 0.181. The second-order valence-electron chi connectivity index (χ2n) is 4.18. The summed E-state index contributed by atoms with van der Waals surface area (Å²) < 4.78 is 25.1. The number of hydrogen-bond donors (Lipinski definition) is 1. The van der Waals surface area contributed by atoms with Gasteiger partial charge in [-0.3, -0.25) is 18.9 Å². The van der Waals surface area contributed by atoms with E-state index < -0.39 is 18.8 Å². The molecule has 10 nitrogen and oxygen atoms in total. The van der Waals surface area contributed by atoms with Crippen LogP contribution in [0.3, 0.4) is 0 Å². The van der Waals surface area contributed by atoms with Gasteiger partial charge in [-0.1, -0.05) is 5.21 Å². The lowest BCUT2D eigenvalue weighted by atomic mass is 10.6. The van der Waals surface area contributed by atoms with Gasteiger partial charge in [0.2, 0.25) is 0 Å². The van der Waals surface area contributed by atoms with Gasteiger partial charge in [0.05, 0.1) is 19.4 Å². The Balaban J connectivity index is 2.26. The second-order valence-corrected chi connectivity index (χ2v) is 6.21. The van der Waals surface area contributed by atoms with Crippen molar-refractivity contribution in [2.45, 2.75) is 20.1 Å². The van der Waals surface area contributed by atoms with Gasteiger partial charge < -0.3 is 9.05 Å². The molecule has 2 heterocycles. The van der Waals surface area contributed by atoms with Gasteiger partial charge in [0.15, 0.2) is 5.82 Å². The molecule has 0 aliphatic rings. The molecule has 1 N–H and O–H groups in total. The highest BCUT2D eigenvalue weighted by Crippen LogP contribution is 2.49. The van der Waals surface area contributed by atoms with Crippen molar-refractivity contribution in [2.75, 3.05) is 13.2 Å². The average molecular weight is 329 g/mol. The van der Waals surface area contributed by atoms with Crippen LogP contribution in [0.5, 0.6) is 0 Å². The summed E-state index contributed by atoms with van der Waals surface area (Å²) in [7, 11) is -3.32. The maximum absolute atomic E-state index is 12.4. The predicted octanol–water partition coefficient (Wildman–Crippen LogP) is 0.341. The Kier molecular flexibility index (Phi) is 5.07. The van der Waals surface area contributed by atoms with Crippen molar-refractivity contribution in [3.05, 3.63) is 39.3 Å². The molecular formula is C11H16N5O5P. The molecule has 2 rings (SSSR count). The molecule has 0 spiro atoms. The van der Waals surface area contributed by atoms with Crippen LogP contribution in [0, 0.1) is 0 Å². The van der Waals surface area contributed by atoms with Crippen LogP contribution in [0.15, 0.2) is 28.0 Å². The van der Waals surface area contributed by atoms with E-state index in [-0.39, 0.29) is 25.3 Å². The zero-order valence-corrected chi connectivity index (χ0v) is 13.0. The molecule has 0 amide bonds. The van der Waals surface area contributed by atoms with E-state index in [1.54, 1.807) is 13.8 Å². The molecule has 22 heavy (non-hydrogen) atoms. The van der Waals surface area contributed by atoms with Crippen LogP contribution in [0.2, 0.25) is 0 Å². The summed E-state index contributed by atoms with van der Waals surface area (Å²) in [4.78, 5) is 24.8. The van der Waals surface area contributed by atoms with Crippen LogP contribution >= 0.6 is 7.60 Å². The zero-order chi connectivity index (χ0) is 16.2. The molecule has 0 aromatic carbocycles. The van der Waals surface area contributed by atoms with E-state index in [0.717, 1.165) is 4.57 Å². The van der Waals surface area contributed by atoms with Gasteiger partial charge in [-0.15, -0.1) is 5.10 Å². The summed E-state index contributed by atoms with van der Waals surface area (Å²) in [6.07, 6.45) is 2.56. The lowest BCUT2D eigenvalue weighted by Gasteiger charge is -2.16. The van der Waals surface area contributed by atoms with Gasteiger partial charge in [-0.25, -0.2) is 9.48 Å². The van der Waals surface area contributed by atoms with Crippen molar-refractivity contribution in [3.8, 4) is 5.82 Å². The Morgan fingerprint density at radius 1 is 1.27 bits per heavy atom. The van der Waals surface area contributed by atoms with E-state index in [1.807, 2.05) is 0 Å². The first-order valence-corrected chi connectivity index (χ1v) is 8.31. The number of H-pyrrole nitrogens is 1. The third kappa shape index (κ3) is 3.79. The van der Waals surface area contributed by atoms with Crippen molar-refractivity contribution in [2.24, 2.45) is 0 Å². The van der Waals surface area contributed by atoms with Crippen molar-refractivity contribution in [1.82, 2.24) is 24.5 Å². The molecule has 0 fully saturated rings. The number of rotatable bonds is 7. The van der Waals surface area contributed by atoms with E-state index in [4.69, 9.17) is 9.05 Å². The van der Waals surface area contributed by atoms with E-state index in [1.165, 1.54) is 23.1 Å². The Bertz CT molecular complexity index is 784. The quantitative estimate of drug-likeness (QED) is 0.727. The molecule has 0 saturated carbocycles. The van der Waals surface area contributed by atoms with E-state index >= 15 is 0 Å². The number of nitrogens with one attached hydrogen (secondary N) is 1. The van der Waals surface area contributed by atoms with Crippen molar-refractivity contribution in [1.29, 1.82) is 0 Å². The lowest BCUT2D eigenvalue weighted by molar-refractivity contribution is 0.213. The van der Waals surface area contributed by atoms with E-state index in [2.05, 4.69) is 15.3 Å². The highest BCUT2D eigenvalue weighted by molar-refractivity contribution is 7.52. The molecule has 0 atom stereocenters. The molecule has 0 radical (unpaired) electrons. The Morgan fingerprint density at radius 2 is 1.95 bits per heavy atom. The fraction of sp³-hybridized carbons (Fsp3) is 0.455. The standard InChI is InChI=1S/C11H16N5O5P/c1-3-20-22(19,21-4-2)8-15-7-9(13-14-15)16-6-5-10(17)12-11(16)18/h5-7H,3-4,8H2,1-2H3,(H,12,17,18). The highest BCUT2D eigenvalue weighted by Gasteiger charge is 2.25. The molecule has 0 aliphatic heterocycles. The van der Waals surface area contributed by atoms with Crippen molar-refractivity contribution in [3.63, 3.8) is 0 Å². The lowest BCUT2D eigenvalue weighted by Crippen LogP contribution is -2.27. The van der Waals surface area contributed by atoms with Gasteiger partial charge in [-0.2, -0.15) is 0 Å². The van der Waals surface area contributed by atoms with Gasteiger partial charge in [0.1, 0.15) is 6.29 Å².